The van der Waals surface area contributed by atoms with E-state index in [9.17, 15) is 14.0 Å². The summed E-state index contributed by atoms with van der Waals surface area (Å²) in [5.41, 5.74) is 0. The summed E-state index contributed by atoms with van der Waals surface area (Å²) in [6, 6.07) is 0. The summed E-state index contributed by atoms with van der Waals surface area (Å²) in [6.07, 6.45) is 0. The first-order valence-electron chi connectivity index (χ1n) is 2.38. The van der Waals surface area contributed by atoms with Crippen molar-refractivity contribution in [1.82, 2.24) is 0 Å². The van der Waals surface area contributed by atoms with Gasteiger partial charge in [-0.1, -0.05) is 0 Å². The van der Waals surface area contributed by atoms with Crippen LogP contribution in [0.25, 0.3) is 0 Å². The van der Waals surface area contributed by atoms with Crippen LogP contribution in [0.2, 0.25) is 0 Å². The summed E-state index contributed by atoms with van der Waals surface area (Å²) < 4.78 is 15.5. The molecule has 0 aromatic heterocycles. The molecule has 52 valence electrons. The van der Waals surface area contributed by atoms with Crippen molar-refractivity contribution in [3.05, 3.63) is 0 Å². The van der Waals surface area contributed by atoms with Gasteiger partial charge in [-0.05, 0) is 0 Å². The lowest BCUT2D eigenvalue weighted by Crippen LogP contribution is -2.12. The number of rotatable bonds is 3. The number of Topliss-reactive ketones (excluding diaryl/α,β-unsaturated/α-hetero) is 1. The van der Waals surface area contributed by atoms with Gasteiger partial charge in [-0.2, -0.15) is 0 Å². The van der Waals surface area contributed by atoms with E-state index in [0.29, 0.717) is 0 Å². The van der Waals surface area contributed by atoms with E-state index in [4.69, 9.17) is 0 Å². The standard InChI is InChI=1S/C5H7FO3/c1-4(7)9-3-5(8)2-6/h2-3H2,1H3. The quantitative estimate of drug-likeness (QED) is 0.513. The summed E-state index contributed by atoms with van der Waals surface area (Å²) in [6.45, 7) is -0.370. The minimum absolute atomic E-state index is 0.453. The maximum absolute atomic E-state index is 11.3. The molecule has 0 atom stereocenters. The average Bonchev–Trinajstić information content (AvgIpc) is 1.83. The Kier molecular flexibility index (Phi) is 3.59. The van der Waals surface area contributed by atoms with Crippen LogP contribution in [0.1, 0.15) is 6.92 Å². The van der Waals surface area contributed by atoms with E-state index in [1.54, 1.807) is 0 Å². The van der Waals surface area contributed by atoms with Gasteiger partial charge in [0.05, 0.1) is 0 Å². The van der Waals surface area contributed by atoms with Crippen LogP contribution in [0.4, 0.5) is 4.39 Å². The number of carbonyl (C=O) groups excluding carboxylic acids is 2. The average molecular weight is 134 g/mol. The maximum atomic E-state index is 11.3. The van der Waals surface area contributed by atoms with Crippen molar-refractivity contribution in [2.75, 3.05) is 13.3 Å². The molecule has 0 fully saturated rings. The number of esters is 1. The van der Waals surface area contributed by atoms with Crippen LogP contribution in [0.3, 0.4) is 0 Å². The molecule has 3 nitrogen and oxygen atoms in total. The largest absolute Gasteiger partial charge is 0.458 e. The van der Waals surface area contributed by atoms with Crippen molar-refractivity contribution in [3.63, 3.8) is 0 Å². The van der Waals surface area contributed by atoms with Crippen LogP contribution < -0.4 is 0 Å². The Morgan fingerprint density at radius 3 is 2.44 bits per heavy atom. The highest BCUT2D eigenvalue weighted by Crippen LogP contribution is 1.79. The lowest BCUT2D eigenvalue weighted by molar-refractivity contribution is -0.145. The van der Waals surface area contributed by atoms with Gasteiger partial charge in [-0.15, -0.1) is 0 Å². The van der Waals surface area contributed by atoms with Crippen LogP contribution in [0, 0.1) is 0 Å². The molecule has 0 rings (SSSR count). The number of ether oxygens (including phenoxy) is 1. The number of ketones is 1. The Hall–Kier alpha value is -0.930. The van der Waals surface area contributed by atoms with E-state index >= 15 is 0 Å². The first-order valence-corrected chi connectivity index (χ1v) is 2.38. The molecule has 0 saturated carbocycles. The lowest BCUT2D eigenvalue weighted by atomic mass is 10.5. The fraction of sp³-hybridized carbons (Fsp3) is 0.600. The summed E-state index contributed by atoms with van der Waals surface area (Å²) in [5.74, 6) is -1.29. The molecule has 0 N–H and O–H groups in total. The second kappa shape index (κ2) is 4.00. The predicted octanol–water partition coefficient (Wildman–Crippen LogP) is 0.0881. The number of carbonyl (C=O) groups is 2. The van der Waals surface area contributed by atoms with Gasteiger partial charge in [-0.3, -0.25) is 9.59 Å². The molecule has 0 saturated heterocycles. The molecular formula is C5H7FO3. The topological polar surface area (TPSA) is 43.4 Å². The van der Waals surface area contributed by atoms with Crippen molar-refractivity contribution in [1.29, 1.82) is 0 Å². The Labute approximate surface area is 51.8 Å². The Balaban J connectivity index is 3.28. The highest BCUT2D eigenvalue weighted by molar-refractivity contribution is 5.82. The van der Waals surface area contributed by atoms with E-state index in [-0.39, 0.29) is 0 Å². The summed E-state index contributed by atoms with van der Waals surface area (Å²) in [7, 11) is 0. The van der Waals surface area contributed by atoms with Gasteiger partial charge >= 0.3 is 5.97 Å². The van der Waals surface area contributed by atoms with Gasteiger partial charge in [0.15, 0.2) is 13.3 Å². The van der Waals surface area contributed by atoms with Gasteiger partial charge in [0.25, 0.3) is 0 Å². The Morgan fingerprint density at radius 1 is 1.56 bits per heavy atom. The van der Waals surface area contributed by atoms with Crippen molar-refractivity contribution in [2.45, 2.75) is 6.92 Å². The zero-order valence-electron chi connectivity index (χ0n) is 5.02. The molecule has 0 bridgehead atoms. The first-order chi connectivity index (χ1) is 4.16. The summed E-state index contributed by atoms with van der Waals surface area (Å²) in [5, 5.41) is 0. The highest BCUT2D eigenvalue weighted by Gasteiger charge is 2.01. The van der Waals surface area contributed by atoms with Crippen LogP contribution in [-0.2, 0) is 14.3 Å². The number of hydrogen-bond acceptors (Lipinski definition) is 3. The highest BCUT2D eigenvalue weighted by atomic mass is 19.1. The minimum Gasteiger partial charge on any atom is -0.458 e. The molecule has 0 aliphatic heterocycles. The van der Waals surface area contributed by atoms with Gasteiger partial charge in [-0.25, -0.2) is 4.39 Å². The molecule has 0 aromatic rings. The van der Waals surface area contributed by atoms with Crippen LogP contribution in [0.15, 0.2) is 0 Å². The van der Waals surface area contributed by atoms with Crippen LogP contribution in [-0.4, -0.2) is 25.0 Å². The molecule has 0 aliphatic rings. The van der Waals surface area contributed by atoms with Crippen molar-refractivity contribution in [2.24, 2.45) is 0 Å². The molecule has 9 heavy (non-hydrogen) atoms. The normalized spacial score (nSPS) is 8.67. The molecule has 0 radical (unpaired) electrons. The third-order valence-corrected chi connectivity index (χ3v) is 0.585. The van der Waals surface area contributed by atoms with Gasteiger partial charge < -0.3 is 4.74 Å². The SMILES string of the molecule is CC(=O)OCC(=O)CF. The van der Waals surface area contributed by atoms with Crippen molar-refractivity contribution in [3.8, 4) is 0 Å². The second-order valence-corrected chi connectivity index (χ2v) is 1.45. The van der Waals surface area contributed by atoms with E-state index < -0.39 is 25.0 Å². The van der Waals surface area contributed by atoms with E-state index in [1.165, 1.54) is 0 Å². The van der Waals surface area contributed by atoms with Crippen LogP contribution in [0.5, 0.6) is 0 Å². The molecule has 4 heteroatoms. The van der Waals surface area contributed by atoms with E-state index in [1.807, 2.05) is 0 Å². The summed E-state index contributed by atoms with van der Waals surface area (Å²) in [4.78, 5) is 20.0. The molecular weight excluding hydrogens is 127 g/mol. The number of hydrogen-bond donors (Lipinski definition) is 0. The zero-order valence-corrected chi connectivity index (χ0v) is 5.02. The fourth-order valence-electron chi connectivity index (χ4n) is 0.221. The molecule has 0 unspecified atom stereocenters. The fourth-order valence-corrected chi connectivity index (χ4v) is 0.221. The number of alkyl halides is 1. The van der Waals surface area contributed by atoms with Gasteiger partial charge in [0.1, 0.15) is 0 Å². The zero-order chi connectivity index (χ0) is 7.28. The Bertz CT molecular complexity index is 121. The smallest absolute Gasteiger partial charge is 0.303 e. The van der Waals surface area contributed by atoms with Gasteiger partial charge in [0.2, 0.25) is 5.78 Å². The minimum atomic E-state index is -1.08. The van der Waals surface area contributed by atoms with E-state index in [0.717, 1.165) is 6.92 Å². The molecule has 0 heterocycles. The van der Waals surface area contributed by atoms with Gasteiger partial charge in [0, 0.05) is 6.92 Å². The lowest BCUT2D eigenvalue weighted by Gasteiger charge is -1.95. The third-order valence-electron chi connectivity index (χ3n) is 0.585. The number of halogens is 1. The van der Waals surface area contributed by atoms with Crippen molar-refractivity contribution < 1.29 is 18.7 Å². The third kappa shape index (κ3) is 4.93. The molecule has 0 spiro atoms. The van der Waals surface area contributed by atoms with Crippen molar-refractivity contribution >= 4 is 11.8 Å². The molecule has 0 amide bonds. The molecule has 0 aromatic carbocycles. The summed E-state index contributed by atoms with van der Waals surface area (Å²) >= 11 is 0. The second-order valence-electron chi connectivity index (χ2n) is 1.45. The molecule has 0 aliphatic carbocycles. The first kappa shape index (κ1) is 8.07. The maximum Gasteiger partial charge on any atom is 0.303 e. The van der Waals surface area contributed by atoms with Crippen LogP contribution >= 0.6 is 0 Å². The van der Waals surface area contributed by atoms with E-state index in [2.05, 4.69) is 4.74 Å². The monoisotopic (exact) mass is 134 g/mol. The Morgan fingerprint density at radius 2 is 2.11 bits per heavy atom. The predicted molar refractivity (Wildman–Crippen MR) is 27.6 cm³/mol.